The van der Waals surface area contributed by atoms with Gasteiger partial charge in [0.05, 0.1) is 30.1 Å². The fourth-order valence-corrected chi connectivity index (χ4v) is 2.58. The maximum Gasteiger partial charge on any atom is 0.156 e. The van der Waals surface area contributed by atoms with E-state index in [1.54, 1.807) is 13.2 Å². The van der Waals surface area contributed by atoms with Gasteiger partial charge in [0, 0.05) is 12.6 Å². The number of benzene rings is 1. The van der Waals surface area contributed by atoms with Crippen LogP contribution in [0, 0.1) is 0 Å². The zero-order valence-electron chi connectivity index (χ0n) is 11.6. The van der Waals surface area contributed by atoms with Crippen molar-refractivity contribution in [2.24, 2.45) is 0 Å². The van der Waals surface area contributed by atoms with Crippen molar-refractivity contribution in [1.29, 1.82) is 0 Å². The van der Waals surface area contributed by atoms with Crippen molar-refractivity contribution in [2.75, 3.05) is 7.11 Å². The highest BCUT2D eigenvalue weighted by molar-refractivity contribution is 6.33. The molecule has 21 heavy (non-hydrogen) atoms. The van der Waals surface area contributed by atoms with Crippen LogP contribution in [0.25, 0.3) is 5.65 Å². The quantitative estimate of drug-likeness (QED) is 0.805. The third kappa shape index (κ3) is 2.60. The molecule has 0 atom stereocenters. The number of pyridine rings is 1. The van der Waals surface area contributed by atoms with Crippen molar-refractivity contribution in [1.82, 2.24) is 9.38 Å². The van der Waals surface area contributed by atoms with E-state index in [0.29, 0.717) is 17.1 Å². The summed E-state index contributed by atoms with van der Waals surface area (Å²) in [7, 11) is 1.64. The summed E-state index contributed by atoms with van der Waals surface area (Å²) in [4.78, 5) is 4.56. The molecule has 0 radical (unpaired) electrons. The van der Waals surface area contributed by atoms with Crippen LogP contribution in [0.2, 0.25) is 5.02 Å². The molecule has 0 fully saturated rings. The standard InChI is InChI=1S/C16H15ClN2O2/c1-21-12-6-4-11(5-7-12)9-14-15(10-20)19-8-2-3-13(17)16(19)18-14/h2-8,20H,9-10H2,1H3. The van der Waals surface area contributed by atoms with E-state index in [1.807, 2.05) is 40.9 Å². The van der Waals surface area contributed by atoms with Crippen molar-refractivity contribution in [2.45, 2.75) is 13.0 Å². The van der Waals surface area contributed by atoms with Crippen molar-refractivity contribution >= 4 is 17.2 Å². The molecule has 3 rings (SSSR count). The lowest BCUT2D eigenvalue weighted by molar-refractivity contribution is 0.274. The van der Waals surface area contributed by atoms with Gasteiger partial charge in [0.25, 0.3) is 0 Å². The molecular formula is C16H15ClN2O2. The lowest BCUT2D eigenvalue weighted by Gasteiger charge is -2.04. The molecule has 3 aromatic rings. The molecule has 0 saturated carbocycles. The zero-order valence-corrected chi connectivity index (χ0v) is 12.3. The van der Waals surface area contributed by atoms with E-state index >= 15 is 0 Å². The first-order valence-electron chi connectivity index (χ1n) is 6.61. The third-order valence-corrected chi connectivity index (χ3v) is 3.76. The number of imidazole rings is 1. The topological polar surface area (TPSA) is 46.8 Å². The van der Waals surface area contributed by atoms with Crippen LogP contribution < -0.4 is 4.74 Å². The van der Waals surface area contributed by atoms with E-state index in [4.69, 9.17) is 16.3 Å². The number of nitrogens with zero attached hydrogens (tertiary/aromatic N) is 2. The Bertz CT molecular complexity index is 766. The maximum atomic E-state index is 9.63. The summed E-state index contributed by atoms with van der Waals surface area (Å²) in [6, 6.07) is 11.4. The second-order valence-corrected chi connectivity index (χ2v) is 5.15. The number of aromatic nitrogens is 2. The van der Waals surface area contributed by atoms with E-state index in [1.165, 1.54) is 0 Å². The van der Waals surface area contributed by atoms with E-state index in [-0.39, 0.29) is 6.61 Å². The van der Waals surface area contributed by atoms with Crippen LogP contribution in [0.4, 0.5) is 0 Å². The number of aliphatic hydroxyl groups is 1. The molecule has 108 valence electrons. The monoisotopic (exact) mass is 302 g/mol. The van der Waals surface area contributed by atoms with Crippen LogP contribution in [0.15, 0.2) is 42.6 Å². The summed E-state index contributed by atoms with van der Waals surface area (Å²) in [5.41, 5.74) is 3.37. The first kappa shape index (κ1) is 13.9. The van der Waals surface area contributed by atoms with Crippen molar-refractivity contribution in [3.63, 3.8) is 0 Å². The minimum Gasteiger partial charge on any atom is -0.497 e. The second kappa shape index (κ2) is 5.76. The molecule has 0 amide bonds. The molecule has 0 saturated heterocycles. The van der Waals surface area contributed by atoms with Gasteiger partial charge >= 0.3 is 0 Å². The van der Waals surface area contributed by atoms with Gasteiger partial charge in [-0.3, -0.25) is 0 Å². The lowest BCUT2D eigenvalue weighted by Crippen LogP contribution is -1.97. The summed E-state index contributed by atoms with van der Waals surface area (Å²) in [5.74, 6) is 0.819. The highest BCUT2D eigenvalue weighted by atomic mass is 35.5. The summed E-state index contributed by atoms with van der Waals surface area (Å²) < 4.78 is 6.99. The SMILES string of the molecule is COc1ccc(Cc2nc3c(Cl)cccn3c2CO)cc1. The molecule has 4 nitrogen and oxygen atoms in total. The Morgan fingerprint density at radius 1 is 1.24 bits per heavy atom. The first-order valence-corrected chi connectivity index (χ1v) is 6.99. The number of halogens is 1. The number of fused-ring (bicyclic) bond motifs is 1. The molecule has 0 spiro atoms. The average Bonchev–Trinajstić information content (AvgIpc) is 2.87. The Labute approximate surface area is 127 Å². The van der Waals surface area contributed by atoms with E-state index in [2.05, 4.69) is 4.98 Å². The molecule has 5 heteroatoms. The normalized spacial score (nSPS) is 11.0. The smallest absolute Gasteiger partial charge is 0.156 e. The highest BCUT2D eigenvalue weighted by Gasteiger charge is 2.13. The maximum absolute atomic E-state index is 9.63. The minimum atomic E-state index is -0.0764. The van der Waals surface area contributed by atoms with Gasteiger partial charge in [-0.2, -0.15) is 0 Å². The van der Waals surface area contributed by atoms with Crippen molar-refractivity contribution in [3.05, 3.63) is 64.6 Å². The molecule has 1 N–H and O–H groups in total. The van der Waals surface area contributed by atoms with E-state index < -0.39 is 0 Å². The number of hydrogen-bond donors (Lipinski definition) is 1. The summed E-state index contributed by atoms with van der Waals surface area (Å²) in [6.45, 7) is -0.0764. The van der Waals surface area contributed by atoms with Crippen molar-refractivity contribution in [3.8, 4) is 5.75 Å². The van der Waals surface area contributed by atoms with Gasteiger partial charge < -0.3 is 14.2 Å². The Kier molecular flexibility index (Phi) is 3.82. The van der Waals surface area contributed by atoms with Gasteiger partial charge in [0.1, 0.15) is 5.75 Å². The van der Waals surface area contributed by atoms with Crippen molar-refractivity contribution < 1.29 is 9.84 Å². The second-order valence-electron chi connectivity index (χ2n) is 4.74. The van der Waals surface area contributed by atoms with Gasteiger partial charge in [-0.1, -0.05) is 23.7 Å². The highest BCUT2D eigenvalue weighted by Crippen LogP contribution is 2.22. The van der Waals surface area contributed by atoms with Crippen LogP contribution in [0.5, 0.6) is 5.75 Å². The summed E-state index contributed by atoms with van der Waals surface area (Å²) >= 11 is 6.16. The Hall–Kier alpha value is -2.04. The first-order chi connectivity index (χ1) is 10.2. The minimum absolute atomic E-state index is 0.0764. The predicted molar refractivity (Wildman–Crippen MR) is 81.9 cm³/mol. The van der Waals surface area contributed by atoms with Crippen LogP contribution >= 0.6 is 11.6 Å². The number of aliphatic hydroxyl groups excluding tert-OH is 1. The number of ether oxygens (including phenoxy) is 1. The lowest BCUT2D eigenvalue weighted by atomic mass is 10.1. The number of rotatable bonds is 4. The predicted octanol–water partition coefficient (Wildman–Crippen LogP) is 3.08. The molecule has 2 aromatic heterocycles. The van der Waals surface area contributed by atoms with Crippen LogP contribution in [-0.4, -0.2) is 21.6 Å². The van der Waals surface area contributed by atoms with E-state index in [9.17, 15) is 5.11 Å². The van der Waals surface area contributed by atoms with Gasteiger partial charge in [0.2, 0.25) is 0 Å². The largest absolute Gasteiger partial charge is 0.497 e. The van der Waals surface area contributed by atoms with Crippen LogP contribution in [0.3, 0.4) is 0 Å². The van der Waals surface area contributed by atoms with Crippen LogP contribution in [0.1, 0.15) is 17.0 Å². The number of methoxy groups -OCH3 is 1. The fourth-order valence-electron chi connectivity index (χ4n) is 2.38. The molecule has 0 bridgehead atoms. The average molecular weight is 303 g/mol. The van der Waals surface area contributed by atoms with E-state index in [0.717, 1.165) is 22.7 Å². The Morgan fingerprint density at radius 2 is 2.00 bits per heavy atom. The molecule has 0 unspecified atom stereocenters. The fraction of sp³-hybridized carbons (Fsp3) is 0.188. The molecule has 0 aliphatic rings. The molecule has 0 aliphatic heterocycles. The Balaban J connectivity index is 2.01. The van der Waals surface area contributed by atoms with Gasteiger partial charge in [-0.25, -0.2) is 4.98 Å². The molecule has 2 heterocycles. The van der Waals surface area contributed by atoms with Gasteiger partial charge in [-0.15, -0.1) is 0 Å². The Morgan fingerprint density at radius 3 is 2.67 bits per heavy atom. The number of hydrogen-bond acceptors (Lipinski definition) is 3. The molecule has 0 aliphatic carbocycles. The van der Waals surface area contributed by atoms with Gasteiger partial charge in [-0.05, 0) is 29.8 Å². The molecular weight excluding hydrogens is 288 g/mol. The summed E-state index contributed by atoms with van der Waals surface area (Å²) in [6.07, 6.45) is 2.50. The summed E-state index contributed by atoms with van der Waals surface area (Å²) in [5, 5.41) is 10.2. The van der Waals surface area contributed by atoms with Gasteiger partial charge in [0.15, 0.2) is 5.65 Å². The van der Waals surface area contributed by atoms with Crippen LogP contribution in [-0.2, 0) is 13.0 Å². The third-order valence-electron chi connectivity index (χ3n) is 3.46. The molecule has 1 aromatic carbocycles. The zero-order chi connectivity index (χ0) is 14.8.